The quantitative estimate of drug-likeness (QED) is 0.283. The summed E-state index contributed by atoms with van der Waals surface area (Å²) in [4.78, 5) is 0. The Kier molecular flexibility index (Phi) is 8.61. The normalized spacial score (nSPS) is 12.7. The van der Waals surface area contributed by atoms with Crippen LogP contribution in [0.1, 0.15) is 52.9 Å². The van der Waals surface area contributed by atoms with Crippen LogP contribution < -0.4 is 0 Å². The van der Waals surface area contributed by atoms with Gasteiger partial charge in [-0.15, -0.1) is 0 Å². The molecule has 0 spiro atoms. The van der Waals surface area contributed by atoms with E-state index in [2.05, 4.69) is 46.1 Å². The Hall–Kier alpha value is -1.04. The lowest BCUT2D eigenvalue weighted by Gasteiger charge is -2.02. The summed E-state index contributed by atoms with van der Waals surface area (Å²) in [5.74, 6) is 0. The minimum Gasteiger partial charge on any atom is -0.0988 e. The Balaban J connectivity index is 3.67. The largest absolute Gasteiger partial charge is 0.0988 e. The first-order chi connectivity index (χ1) is 7.60. The fourth-order valence-electron chi connectivity index (χ4n) is 1.54. The fourth-order valence-corrected chi connectivity index (χ4v) is 1.54. The molecule has 0 unspecified atom stereocenters. The zero-order valence-electron chi connectivity index (χ0n) is 11.2. The van der Waals surface area contributed by atoms with Crippen molar-refractivity contribution < 1.29 is 0 Å². The van der Waals surface area contributed by atoms with E-state index in [-0.39, 0.29) is 0 Å². The maximum Gasteiger partial charge on any atom is -0.00760 e. The first-order valence-electron chi connectivity index (χ1n) is 6.17. The van der Waals surface area contributed by atoms with Crippen molar-refractivity contribution in [3.8, 4) is 0 Å². The SMILES string of the molecule is C=CC(=C)C/C(C)=C/CCCC/C(C)=C/C. The number of allylic oxidation sites excluding steroid dienone is 6. The zero-order chi connectivity index (χ0) is 12.4. The third kappa shape index (κ3) is 8.28. The van der Waals surface area contributed by atoms with Crippen LogP contribution in [0.4, 0.5) is 0 Å². The van der Waals surface area contributed by atoms with Gasteiger partial charge in [0, 0.05) is 0 Å². The van der Waals surface area contributed by atoms with Gasteiger partial charge in [0.05, 0.1) is 0 Å². The number of rotatable bonds is 8. The molecule has 0 nitrogen and oxygen atoms in total. The Morgan fingerprint density at radius 1 is 1.12 bits per heavy atom. The van der Waals surface area contributed by atoms with E-state index in [1.165, 1.54) is 36.8 Å². The summed E-state index contributed by atoms with van der Waals surface area (Å²) < 4.78 is 0. The molecule has 90 valence electrons. The third-order valence-electron chi connectivity index (χ3n) is 2.81. The molecule has 0 rings (SSSR count). The smallest absolute Gasteiger partial charge is 0.00760 e. The molecule has 0 aromatic rings. The lowest BCUT2D eigenvalue weighted by Crippen LogP contribution is -1.82. The highest BCUT2D eigenvalue weighted by Gasteiger charge is 1.93. The highest BCUT2D eigenvalue weighted by atomic mass is 14.0. The first kappa shape index (κ1) is 15.0. The number of unbranched alkanes of at least 4 members (excludes halogenated alkanes) is 2. The van der Waals surface area contributed by atoms with Gasteiger partial charge >= 0.3 is 0 Å². The average molecular weight is 218 g/mol. The standard InChI is InChI=1S/C16H26/c1-6-14(3)11-9-8-10-12-16(5)13-15(4)7-2/h6-7,12H,2,4,8-11,13H2,1,3,5H3/b14-6+,16-12+. The van der Waals surface area contributed by atoms with Crippen LogP contribution in [-0.4, -0.2) is 0 Å². The van der Waals surface area contributed by atoms with Gasteiger partial charge in [-0.1, -0.05) is 48.1 Å². The van der Waals surface area contributed by atoms with Crippen molar-refractivity contribution in [1.29, 1.82) is 0 Å². The molecule has 0 bridgehead atoms. The van der Waals surface area contributed by atoms with Crippen molar-refractivity contribution >= 4 is 0 Å². The molecule has 0 aliphatic carbocycles. The minimum absolute atomic E-state index is 0.970. The maximum atomic E-state index is 3.93. The van der Waals surface area contributed by atoms with Crippen LogP contribution in [0.2, 0.25) is 0 Å². The van der Waals surface area contributed by atoms with Gasteiger partial charge in [-0.25, -0.2) is 0 Å². The molecule has 0 aliphatic rings. The Morgan fingerprint density at radius 2 is 1.81 bits per heavy atom. The van der Waals surface area contributed by atoms with E-state index >= 15 is 0 Å². The van der Waals surface area contributed by atoms with Crippen LogP contribution in [0.3, 0.4) is 0 Å². The van der Waals surface area contributed by atoms with Crippen molar-refractivity contribution in [2.45, 2.75) is 52.9 Å². The minimum atomic E-state index is 0.970. The Morgan fingerprint density at radius 3 is 2.38 bits per heavy atom. The van der Waals surface area contributed by atoms with E-state index in [4.69, 9.17) is 0 Å². The van der Waals surface area contributed by atoms with Crippen molar-refractivity contribution in [2.75, 3.05) is 0 Å². The summed E-state index contributed by atoms with van der Waals surface area (Å²) in [6.45, 7) is 14.1. The van der Waals surface area contributed by atoms with E-state index in [0.717, 1.165) is 12.0 Å². The molecular formula is C16H26. The molecule has 0 amide bonds. The molecule has 0 aliphatic heterocycles. The summed E-state index contributed by atoms with van der Waals surface area (Å²) in [6, 6.07) is 0. The Bertz CT molecular complexity index is 276. The van der Waals surface area contributed by atoms with Crippen LogP contribution in [-0.2, 0) is 0 Å². The lowest BCUT2D eigenvalue weighted by molar-refractivity contribution is 0.738. The topological polar surface area (TPSA) is 0 Å². The van der Waals surface area contributed by atoms with Gasteiger partial charge in [0.25, 0.3) is 0 Å². The van der Waals surface area contributed by atoms with E-state index in [9.17, 15) is 0 Å². The van der Waals surface area contributed by atoms with E-state index in [1.54, 1.807) is 0 Å². The lowest BCUT2D eigenvalue weighted by atomic mass is 10.0. The summed E-state index contributed by atoms with van der Waals surface area (Å²) in [5, 5.41) is 0. The predicted octanol–water partition coefficient (Wildman–Crippen LogP) is 5.59. The van der Waals surface area contributed by atoms with Crippen LogP contribution in [0.25, 0.3) is 0 Å². The molecule has 0 aromatic carbocycles. The molecule has 0 saturated heterocycles. The molecule has 16 heavy (non-hydrogen) atoms. The molecule has 0 N–H and O–H groups in total. The van der Waals surface area contributed by atoms with Gasteiger partial charge in [0.15, 0.2) is 0 Å². The Labute approximate surface area is 101 Å². The highest BCUT2D eigenvalue weighted by Crippen LogP contribution is 2.13. The second-order valence-electron chi connectivity index (χ2n) is 4.47. The molecule has 0 fully saturated rings. The highest BCUT2D eigenvalue weighted by molar-refractivity contribution is 5.19. The predicted molar refractivity (Wildman–Crippen MR) is 75.6 cm³/mol. The van der Waals surface area contributed by atoms with Crippen molar-refractivity contribution in [3.63, 3.8) is 0 Å². The van der Waals surface area contributed by atoms with Gasteiger partial charge in [-0.2, -0.15) is 0 Å². The fraction of sp³-hybridized carbons (Fsp3) is 0.500. The van der Waals surface area contributed by atoms with E-state index < -0.39 is 0 Å². The van der Waals surface area contributed by atoms with Crippen molar-refractivity contribution in [3.05, 3.63) is 48.1 Å². The van der Waals surface area contributed by atoms with Crippen LogP contribution in [0, 0.1) is 0 Å². The molecule has 0 heterocycles. The second kappa shape index (κ2) is 9.21. The van der Waals surface area contributed by atoms with Gasteiger partial charge in [0.2, 0.25) is 0 Å². The summed E-state index contributed by atoms with van der Waals surface area (Å²) in [5.41, 5.74) is 4.02. The molecule has 0 aromatic heterocycles. The molecular weight excluding hydrogens is 192 g/mol. The summed E-state index contributed by atoms with van der Waals surface area (Å²) in [6.07, 6.45) is 12.3. The van der Waals surface area contributed by atoms with Crippen LogP contribution in [0.15, 0.2) is 48.1 Å². The molecule has 0 atom stereocenters. The third-order valence-corrected chi connectivity index (χ3v) is 2.81. The van der Waals surface area contributed by atoms with Crippen LogP contribution in [0.5, 0.6) is 0 Å². The van der Waals surface area contributed by atoms with Gasteiger partial charge in [-0.3, -0.25) is 0 Å². The van der Waals surface area contributed by atoms with Gasteiger partial charge < -0.3 is 0 Å². The van der Waals surface area contributed by atoms with E-state index in [0.29, 0.717) is 0 Å². The number of hydrogen-bond donors (Lipinski definition) is 0. The van der Waals surface area contributed by atoms with Gasteiger partial charge in [0.1, 0.15) is 0 Å². The van der Waals surface area contributed by atoms with E-state index in [1.807, 2.05) is 6.08 Å². The van der Waals surface area contributed by atoms with Crippen molar-refractivity contribution in [2.24, 2.45) is 0 Å². The summed E-state index contributed by atoms with van der Waals surface area (Å²) >= 11 is 0. The molecule has 0 heteroatoms. The first-order valence-corrected chi connectivity index (χ1v) is 6.17. The monoisotopic (exact) mass is 218 g/mol. The zero-order valence-corrected chi connectivity index (χ0v) is 11.2. The van der Waals surface area contributed by atoms with Gasteiger partial charge in [-0.05, 0) is 52.9 Å². The van der Waals surface area contributed by atoms with Crippen LogP contribution >= 0.6 is 0 Å². The maximum absolute atomic E-state index is 3.93. The number of hydrogen-bond acceptors (Lipinski definition) is 0. The summed E-state index contributed by atoms with van der Waals surface area (Å²) in [7, 11) is 0. The average Bonchev–Trinajstić information content (AvgIpc) is 2.27. The second-order valence-corrected chi connectivity index (χ2v) is 4.47. The molecule has 0 radical (unpaired) electrons. The molecule has 0 saturated carbocycles. The van der Waals surface area contributed by atoms with Crippen molar-refractivity contribution in [1.82, 2.24) is 0 Å².